The first-order chi connectivity index (χ1) is 12.5. The minimum atomic E-state index is -7.91. The second-order valence-electron chi connectivity index (χ2n) is 7.21. The highest BCUT2D eigenvalue weighted by Gasteiger charge is 2.89. The Morgan fingerprint density at radius 2 is 0.600 bits per heavy atom. The molecule has 0 saturated carbocycles. The third-order valence-electron chi connectivity index (χ3n) is 4.22. The van der Waals surface area contributed by atoms with Gasteiger partial charge in [-0.05, 0) is 0 Å². The summed E-state index contributed by atoms with van der Waals surface area (Å²) >= 11 is 0. The summed E-state index contributed by atoms with van der Waals surface area (Å²) < 4.78 is 224. The SMILES string of the molecule is CC(C)(C)C(F)(C(C(C(F)(F)F)C(F)(F)F)C(F)(C(F)(F)F)C(F)(F)F)C(F)(F)F. The maximum Gasteiger partial charge on any atom is 0.432 e. The lowest BCUT2D eigenvalue weighted by Crippen LogP contribution is -2.74. The fourth-order valence-corrected chi connectivity index (χ4v) is 2.88. The van der Waals surface area contributed by atoms with E-state index in [-0.39, 0.29) is 20.8 Å². The molecular formula is C13H11F17. The molecule has 0 aliphatic heterocycles. The Hall–Kier alpha value is -1.19. The summed E-state index contributed by atoms with van der Waals surface area (Å²) in [5, 5.41) is 0. The van der Waals surface area contributed by atoms with Gasteiger partial charge in [0.05, 0.1) is 5.92 Å². The molecule has 0 aromatic heterocycles. The molecule has 0 aromatic carbocycles. The molecule has 17 heteroatoms. The van der Waals surface area contributed by atoms with Gasteiger partial charge in [0.25, 0.3) is 0 Å². The normalized spacial score (nSPS) is 19.1. The van der Waals surface area contributed by atoms with Gasteiger partial charge in [-0.1, -0.05) is 20.8 Å². The molecule has 182 valence electrons. The van der Waals surface area contributed by atoms with Crippen LogP contribution in [0.2, 0.25) is 0 Å². The van der Waals surface area contributed by atoms with Gasteiger partial charge in [0.1, 0.15) is 0 Å². The molecular weight excluding hydrogens is 479 g/mol. The molecule has 0 rings (SSSR count). The first-order valence-corrected chi connectivity index (χ1v) is 7.20. The van der Waals surface area contributed by atoms with Gasteiger partial charge >= 0.3 is 36.6 Å². The summed E-state index contributed by atoms with van der Waals surface area (Å²) in [6.07, 6.45) is -37.8. The number of rotatable bonds is 3. The average Bonchev–Trinajstić information content (AvgIpc) is 2.34. The van der Waals surface area contributed by atoms with Gasteiger partial charge in [0, 0.05) is 5.41 Å². The standard InChI is InChI=1S/C13H11F17/c1-6(2,3)7(14,11(22,23)24)4(5(9(16,17)18)10(19,20)21)8(15,12(25,26)27)13(28,29)30/h4-5H,1-3H3. The summed E-state index contributed by atoms with van der Waals surface area (Å²) in [5.41, 5.74) is -18.4. The van der Waals surface area contributed by atoms with E-state index in [1.165, 1.54) is 0 Å². The second-order valence-corrected chi connectivity index (χ2v) is 7.21. The Kier molecular flexibility index (Phi) is 6.88. The van der Waals surface area contributed by atoms with Crippen molar-refractivity contribution in [3.8, 4) is 0 Å². The molecule has 0 bridgehead atoms. The Balaban J connectivity index is 7.96. The largest absolute Gasteiger partial charge is 0.432 e. The van der Waals surface area contributed by atoms with E-state index in [1.54, 1.807) is 0 Å². The van der Waals surface area contributed by atoms with Gasteiger partial charge in [-0.15, -0.1) is 0 Å². The first kappa shape index (κ1) is 28.8. The van der Waals surface area contributed by atoms with Gasteiger partial charge in [-0.2, -0.15) is 65.9 Å². The zero-order valence-electron chi connectivity index (χ0n) is 14.6. The van der Waals surface area contributed by atoms with Crippen LogP contribution in [0.3, 0.4) is 0 Å². The topological polar surface area (TPSA) is 0 Å². The zero-order valence-corrected chi connectivity index (χ0v) is 14.6. The summed E-state index contributed by atoms with van der Waals surface area (Å²) in [4.78, 5) is 0. The van der Waals surface area contributed by atoms with Gasteiger partial charge in [-0.25, -0.2) is 8.78 Å². The Morgan fingerprint density at radius 3 is 0.733 bits per heavy atom. The van der Waals surface area contributed by atoms with Crippen LogP contribution in [-0.2, 0) is 0 Å². The third-order valence-corrected chi connectivity index (χ3v) is 4.22. The monoisotopic (exact) mass is 490 g/mol. The molecule has 0 heterocycles. The van der Waals surface area contributed by atoms with Gasteiger partial charge in [-0.3, -0.25) is 0 Å². The van der Waals surface area contributed by atoms with Crippen LogP contribution in [0.5, 0.6) is 0 Å². The van der Waals surface area contributed by atoms with Crippen LogP contribution in [0.1, 0.15) is 20.8 Å². The summed E-state index contributed by atoms with van der Waals surface area (Å²) in [5.74, 6) is -12.8. The molecule has 30 heavy (non-hydrogen) atoms. The van der Waals surface area contributed by atoms with Crippen LogP contribution >= 0.6 is 0 Å². The van der Waals surface area contributed by atoms with Gasteiger partial charge in [0.15, 0.2) is 5.92 Å². The van der Waals surface area contributed by atoms with E-state index >= 15 is 0 Å². The van der Waals surface area contributed by atoms with Crippen molar-refractivity contribution in [3.63, 3.8) is 0 Å². The number of halogens is 17. The minimum absolute atomic E-state index is 0.232. The van der Waals surface area contributed by atoms with E-state index in [1.807, 2.05) is 0 Å². The van der Waals surface area contributed by atoms with Crippen molar-refractivity contribution < 1.29 is 74.6 Å². The van der Waals surface area contributed by atoms with E-state index in [2.05, 4.69) is 0 Å². The van der Waals surface area contributed by atoms with E-state index in [0.29, 0.717) is 0 Å². The third kappa shape index (κ3) is 4.53. The average molecular weight is 490 g/mol. The number of alkyl halides is 17. The molecule has 0 nitrogen and oxygen atoms in total. The molecule has 0 saturated heterocycles. The highest BCUT2D eigenvalue weighted by atomic mass is 19.4. The quantitative estimate of drug-likeness (QED) is 0.360. The highest BCUT2D eigenvalue weighted by molar-refractivity contribution is 5.17. The lowest BCUT2D eigenvalue weighted by atomic mass is 9.59. The Labute approximate surface area is 156 Å². The van der Waals surface area contributed by atoms with Gasteiger partial charge in [0.2, 0.25) is 5.67 Å². The maximum absolute atomic E-state index is 15.0. The van der Waals surface area contributed by atoms with Crippen LogP contribution < -0.4 is 0 Å². The summed E-state index contributed by atoms with van der Waals surface area (Å²) in [7, 11) is 0. The fraction of sp³-hybridized carbons (Fsp3) is 1.00. The molecule has 0 spiro atoms. The van der Waals surface area contributed by atoms with E-state index in [4.69, 9.17) is 0 Å². The van der Waals surface area contributed by atoms with Crippen molar-refractivity contribution in [2.24, 2.45) is 17.3 Å². The summed E-state index contributed by atoms with van der Waals surface area (Å²) in [6, 6.07) is 0. The zero-order chi connectivity index (χ0) is 25.2. The minimum Gasteiger partial charge on any atom is -0.233 e. The van der Waals surface area contributed by atoms with Crippen molar-refractivity contribution in [1.82, 2.24) is 0 Å². The van der Waals surface area contributed by atoms with Crippen molar-refractivity contribution in [1.29, 1.82) is 0 Å². The molecule has 0 aliphatic rings. The number of hydrogen-bond acceptors (Lipinski definition) is 0. The van der Waals surface area contributed by atoms with Crippen LogP contribution in [0.4, 0.5) is 74.6 Å². The predicted octanol–water partition coefficient (Wildman–Crippen LogP) is 7.49. The maximum atomic E-state index is 15.0. The molecule has 0 radical (unpaired) electrons. The Bertz CT molecular complexity index is 510. The number of hydrogen-bond donors (Lipinski definition) is 0. The lowest BCUT2D eigenvalue weighted by molar-refractivity contribution is -0.427. The molecule has 2 atom stereocenters. The van der Waals surface area contributed by atoms with Crippen molar-refractivity contribution in [3.05, 3.63) is 0 Å². The highest BCUT2D eigenvalue weighted by Crippen LogP contribution is 2.67. The molecule has 2 unspecified atom stereocenters. The molecule has 0 fully saturated rings. The molecule has 0 aromatic rings. The molecule has 0 N–H and O–H groups in total. The molecule has 0 amide bonds. The van der Waals surface area contributed by atoms with E-state index < -0.39 is 59.5 Å². The van der Waals surface area contributed by atoms with Crippen molar-refractivity contribution in [2.45, 2.75) is 63.0 Å². The lowest BCUT2D eigenvalue weighted by Gasteiger charge is -2.52. The summed E-state index contributed by atoms with van der Waals surface area (Å²) in [6.45, 7) is -0.695. The predicted molar refractivity (Wildman–Crippen MR) is 64.4 cm³/mol. The second kappa shape index (κ2) is 7.17. The Morgan fingerprint density at radius 1 is 0.367 bits per heavy atom. The van der Waals surface area contributed by atoms with Crippen LogP contribution in [-0.4, -0.2) is 42.2 Å². The van der Waals surface area contributed by atoms with Crippen LogP contribution in [0, 0.1) is 17.3 Å². The smallest absolute Gasteiger partial charge is 0.233 e. The van der Waals surface area contributed by atoms with E-state index in [9.17, 15) is 74.6 Å². The van der Waals surface area contributed by atoms with Gasteiger partial charge < -0.3 is 0 Å². The fourth-order valence-electron chi connectivity index (χ4n) is 2.88. The van der Waals surface area contributed by atoms with Crippen LogP contribution in [0.25, 0.3) is 0 Å². The van der Waals surface area contributed by atoms with Crippen LogP contribution in [0.15, 0.2) is 0 Å². The van der Waals surface area contributed by atoms with Crippen molar-refractivity contribution in [2.75, 3.05) is 0 Å². The van der Waals surface area contributed by atoms with E-state index in [0.717, 1.165) is 0 Å². The first-order valence-electron chi connectivity index (χ1n) is 7.20. The molecule has 0 aliphatic carbocycles. The van der Waals surface area contributed by atoms with Crippen molar-refractivity contribution >= 4 is 0 Å².